The van der Waals surface area contributed by atoms with Gasteiger partial charge in [-0.1, -0.05) is 39.8 Å². The van der Waals surface area contributed by atoms with Crippen molar-refractivity contribution in [1.29, 1.82) is 0 Å². The maximum absolute atomic E-state index is 9.70. The highest BCUT2D eigenvalue weighted by Gasteiger charge is 2.01. The second-order valence-electron chi connectivity index (χ2n) is 4.69. The molecule has 0 atom stereocenters. The molecule has 2 N–H and O–H groups in total. The van der Waals surface area contributed by atoms with Crippen LogP contribution >= 0.6 is 0 Å². The van der Waals surface area contributed by atoms with Crippen LogP contribution < -0.4 is 0 Å². The molecular weight excluding hydrogens is 216 g/mol. The molecule has 0 saturated carbocycles. The van der Waals surface area contributed by atoms with Crippen molar-refractivity contribution in [3.05, 3.63) is 29.3 Å². The van der Waals surface area contributed by atoms with Crippen LogP contribution in [0.4, 0.5) is 0 Å². The molecule has 17 heavy (non-hydrogen) atoms. The van der Waals surface area contributed by atoms with E-state index in [1.165, 1.54) is 5.56 Å². The van der Waals surface area contributed by atoms with Gasteiger partial charge in [0.2, 0.25) is 0 Å². The number of benzene rings is 1. The fourth-order valence-corrected chi connectivity index (χ4v) is 0.986. The topological polar surface area (TPSA) is 57.5 Å². The first-order valence-electron chi connectivity index (χ1n) is 5.78. The standard InChI is InChI=1S/C10H14O.C4H8O2/c1-7(2)9-5-4-8(3)10(11)6-9;1-3(2)4(5)6/h4-7,11H,1-3H3;3H,1-2H3,(H,5,6). The predicted molar refractivity (Wildman–Crippen MR) is 69.4 cm³/mol. The summed E-state index contributed by atoms with van der Waals surface area (Å²) in [6, 6.07) is 5.84. The molecule has 0 aliphatic carbocycles. The number of hydrogen-bond acceptors (Lipinski definition) is 2. The van der Waals surface area contributed by atoms with E-state index in [-0.39, 0.29) is 5.92 Å². The summed E-state index contributed by atoms with van der Waals surface area (Å²) in [4.78, 5) is 9.70. The molecule has 0 radical (unpaired) electrons. The van der Waals surface area contributed by atoms with Crippen LogP contribution in [0.15, 0.2) is 18.2 Å². The third-order valence-corrected chi connectivity index (χ3v) is 2.39. The molecule has 0 aliphatic heterocycles. The summed E-state index contributed by atoms with van der Waals surface area (Å²) < 4.78 is 0. The molecular formula is C14H22O3. The second-order valence-corrected chi connectivity index (χ2v) is 4.69. The van der Waals surface area contributed by atoms with Gasteiger partial charge in [-0.15, -0.1) is 0 Å². The number of carboxylic acid groups (broad SMARTS) is 1. The fraction of sp³-hybridized carbons (Fsp3) is 0.500. The van der Waals surface area contributed by atoms with Crippen molar-refractivity contribution in [3.8, 4) is 5.75 Å². The fourth-order valence-electron chi connectivity index (χ4n) is 0.986. The average Bonchev–Trinajstić information content (AvgIpc) is 2.22. The van der Waals surface area contributed by atoms with Gasteiger partial charge >= 0.3 is 5.97 Å². The Hall–Kier alpha value is -1.51. The summed E-state index contributed by atoms with van der Waals surface area (Å²) in [6.07, 6.45) is 0. The smallest absolute Gasteiger partial charge is 0.305 e. The largest absolute Gasteiger partial charge is 0.508 e. The van der Waals surface area contributed by atoms with Gasteiger partial charge in [0.15, 0.2) is 0 Å². The number of phenols is 1. The number of aliphatic carboxylic acids is 1. The Balaban J connectivity index is 0.000000366. The Morgan fingerprint density at radius 3 is 1.94 bits per heavy atom. The van der Waals surface area contributed by atoms with Gasteiger partial charge < -0.3 is 10.2 Å². The van der Waals surface area contributed by atoms with Crippen LogP contribution in [0.3, 0.4) is 0 Å². The number of carbonyl (C=O) groups is 1. The van der Waals surface area contributed by atoms with Crippen LogP contribution in [0.1, 0.15) is 44.7 Å². The van der Waals surface area contributed by atoms with E-state index in [0.29, 0.717) is 11.7 Å². The second kappa shape index (κ2) is 6.94. The highest BCUT2D eigenvalue weighted by Crippen LogP contribution is 2.22. The molecule has 0 fully saturated rings. The summed E-state index contributed by atoms with van der Waals surface area (Å²) in [6.45, 7) is 9.41. The minimum atomic E-state index is -0.741. The average molecular weight is 238 g/mol. The maximum Gasteiger partial charge on any atom is 0.305 e. The summed E-state index contributed by atoms with van der Waals surface area (Å²) in [5, 5.41) is 17.3. The first-order valence-corrected chi connectivity index (χ1v) is 5.78. The van der Waals surface area contributed by atoms with Gasteiger partial charge in [-0.25, -0.2) is 0 Å². The number of rotatable bonds is 2. The van der Waals surface area contributed by atoms with Crippen LogP contribution in [0.2, 0.25) is 0 Å². The van der Waals surface area contributed by atoms with E-state index in [9.17, 15) is 9.90 Å². The van der Waals surface area contributed by atoms with Crippen molar-refractivity contribution < 1.29 is 15.0 Å². The van der Waals surface area contributed by atoms with E-state index < -0.39 is 5.97 Å². The zero-order valence-corrected chi connectivity index (χ0v) is 11.2. The molecule has 1 aromatic carbocycles. The third kappa shape index (κ3) is 5.95. The molecule has 3 nitrogen and oxygen atoms in total. The van der Waals surface area contributed by atoms with Crippen molar-refractivity contribution >= 4 is 5.97 Å². The molecule has 0 unspecified atom stereocenters. The highest BCUT2D eigenvalue weighted by molar-refractivity contribution is 5.68. The molecule has 1 aromatic rings. The van der Waals surface area contributed by atoms with Crippen molar-refractivity contribution in [2.45, 2.75) is 40.5 Å². The van der Waals surface area contributed by atoms with Crippen LogP contribution in [0, 0.1) is 12.8 Å². The highest BCUT2D eigenvalue weighted by atomic mass is 16.4. The molecule has 0 saturated heterocycles. The monoisotopic (exact) mass is 238 g/mol. The van der Waals surface area contributed by atoms with Gasteiger partial charge in [0.1, 0.15) is 5.75 Å². The number of aryl methyl sites for hydroxylation is 1. The zero-order chi connectivity index (χ0) is 13.6. The third-order valence-electron chi connectivity index (χ3n) is 2.39. The Labute approximate surface area is 103 Å². The van der Waals surface area contributed by atoms with Crippen molar-refractivity contribution in [1.82, 2.24) is 0 Å². The van der Waals surface area contributed by atoms with Crippen LogP contribution in [0.25, 0.3) is 0 Å². The van der Waals surface area contributed by atoms with Gasteiger partial charge in [0.25, 0.3) is 0 Å². The van der Waals surface area contributed by atoms with Gasteiger partial charge in [0, 0.05) is 0 Å². The predicted octanol–water partition coefficient (Wildman–Crippen LogP) is 3.55. The van der Waals surface area contributed by atoms with E-state index in [1.54, 1.807) is 13.8 Å². The molecule has 0 heterocycles. The van der Waals surface area contributed by atoms with E-state index >= 15 is 0 Å². The normalized spacial score (nSPS) is 10.1. The quantitative estimate of drug-likeness (QED) is 0.828. The minimum absolute atomic E-state index is 0.231. The molecule has 0 amide bonds. The zero-order valence-electron chi connectivity index (χ0n) is 11.2. The molecule has 96 valence electrons. The Morgan fingerprint density at radius 1 is 1.18 bits per heavy atom. The molecule has 1 rings (SSSR count). The summed E-state index contributed by atoms with van der Waals surface area (Å²) in [5.74, 6) is -0.0855. The molecule has 3 heteroatoms. The van der Waals surface area contributed by atoms with Crippen LogP contribution in [0.5, 0.6) is 5.75 Å². The lowest BCUT2D eigenvalue weighted by Crippen LogP contribution is -2.03. The number of aromatic hydroxyl groups is 1. The van der Waals surface area contributed by atoms with Gasteiger partial charge in [0.05, 0.1) is 5.92 Å². The molecule has 0 aliphatic rings. The van der Waals surface area contributed by atoms with E-state index in [2.05, 4.69) is 19.9 Å². The molecule has 0 bridgehead atoms. The van der Waals surface area contributed by atoms with Crippen molar-refractivity contribution in [2.75, 3.05) is 0 Å². The number of phenolic OH excluding ortho intramolecular Hbond substituents is 1. The maximum atomic E-state index is 9.70. The Bertz CT molecular complexity index is 368. The molecule has 0 spiro atoms. The lowest BCUT2D eigenvalue weighted by atomic mass is 10.0. The van der Waals surface area contributed by atoms with Gasteiger partial charge in [-0.05, 0) is 30.0 Å². The first kappa shape index (κ1) is 15.5. The van der Waals surface area contributed by atoms with E-state index in [1.807, 2.05) is 19.1 Å². The van der Waals surface area contributed by atoms with Crippen LogP contribution in [-0.4, -0.2) is 16.2 Å². The SMILES string of the molecule is CC(C)C(=O)O.Cc1ccc(C(C)C)cc1O. The Kier molecular flexibility index (Phi) is 6.33. The summed E-state index contributed by atoms with van der Waals surface area (Å²) >= 11 is 0. The minimum Gasteiger partial charge on any atom is -0.508 e. The Morgan fingerprint density at radius 2 is 1.65 bits per heavy atom. The lowest BCUT2D eigenvalue weighted by molar-refractivity contribution is -0.140. The first-order chi connectivity index (χ1) is 7.75. The van der Waals surface area contributed by atoms with Gasteiger partial charge in [-0.2, -0.15) is 0 Å². The number of hydrogen-bond donors (Lipinski definition) is 2. The molecule has 0 aromatic heterocycles. The summed E-state index contributed by atoms with van der Waals surface area (Å²) in [5.41, 5.74) is 2.13. The van der Waals surface area contributed by atoms with E-state index in [4.69, 9.17) is 5.11 Å². The number of carboxylic acids is 1. The van der Waals surface area contributed by atoms with Crippen molar-refractivity contribution in [2.24, 2.45) is 5.92 Å². The lowest BCUT2D eigenvalue weighted by Gasteiger charge is -2.06. The van der Waals surface area contributed by atoms with Crippen molar-refractivity contribution in [3.63, 3.8) is 0 Å². The van der Waals surface area contributed by atoms with Crippen LogP contribution in [-0.2, 0) is 4.79 Å². The summed E-state index contributed by atoms with van der Waals surface area (Å²) in [7, 11) is 0. The van der Waals surface area contributed by atoms with E-state index in [0.717, 1.165) is 5.56 Å². The van der Waals surface area contributed by atoms with Gasteiger partial charge in [-0.3, -0.25) is 4.79 Å².